The summed E-state index contributed by atoms with van der Waals surface area (Å²) in [7, 11) is 0. The fourth-order valence-corrected chi connectivity index (χ4v) is 3.18. The van der Waals surface area contributed by atoms with E-state index in [-0.39, 0.29) is 17.3 Å². The van der Waals surface area contributed by atoms with Gasteiger partial charge in [-0.05, 0) is 79.7 Å². The molecule has 2 aromatic rings. The molecule has 1 aromatic carbocycles. The summed E-state index contributed by atoms with van der Waals surface area (Å²) < 4.78 is 15.5. The van der Waals surface area contributed by atoms with Gasteiger partial charge in [-0.3, -0.25) is 9.48 Å². The van der Waals surface area contributed by atoms with Crippen LogP contribution in [0.1, 0.15) is 61.3 Å². The molecule has 1 amide bonds. The first-order valence-electron chi connectivity index (χ1n) is 8.58. The number of nitrogens with one attached hydrogen (secondary N) is 1. The molecule has 1 heterocycles. The molecule has 0 atom stereocenters. The van der Waals surface area contributed by atoms with Gasteiger partial charge in [-0.1, -0.05) is 6.07 Å². The summed E-state index contributed by atoms with van der Waals surface area (Å²) in [6.45, 7) is 6.63. The highest BCUT2D eigenvalue weighted by atomic mass is 79.9. The predicted molar refractivity (Wildman–Crippen MR) is 99.3 cm³/mol. The first kappa shape index (κ1) is 18.1. The van der Waals surface area contributed by atoms with Gasteiger partial charge in [-0.2, -0.15) is 5.10 Å². The van der Waals surface area contributed by atoms with Gasteiger partial charge in [0.05, 0.1) is 15.7 Å². The third kappa shape index (κ3) is 4.29. The van der Waals surface area contributed by atoms with Crippen molar-refractivity contribution in [1.82, 2.24) is 15.1 Å². The van der Waals surface area contributed by atoms with Crippen LogP contribution in [0.3, 0.4) is 0 Å². The zero-order chi connectivity index (χ0) is 18.2. The van der Waals surface area contributed by atoms with E-state index in [0.29, 0.717) is 29.1 Å². The number of benzene rings is 1. The zero-order valence-electron chi connectivity index (χ0n) is 14.8. The highest BCUT2D eigenvalue weighted by molar-refractivity contribution is 9.10. The smallest absolute Gasteiger partial charge is 0.269 e. The van der Waals surface area contributed by atoms with Gasteiger partial charge in [-0.15, -0.1) is 0 Å². The highest BCUT2D eigenvalue weighted by Crippen LogP contribution is 2.40. The molecule has 1 fully saturated rings. The Kier molecular flexibility index (Phi) is 5.00. The van der Waals surface area contributed by atoms with Crippen LogP contribution in [-0.4, -0.2) is 22.2 Å². The van der Waals surface area contributed by atoms with Gasteiger partial charge in [0.1, 0.15) is 11.5 Å². The van der Waals surface area contributed by atoms with Crippen molar-refractivity contribution in [2.75, 3.05) is 6.54 Å². The van der Waals surface area contributed by atoms with Crippen molar-refractivity contribution in [3.05, 3.63) is 51.5 Å². The van der Waals surface area contributed by atoms with E-state index in [1.807, 2.05) is 31.5 Å². The maximum atomic E-state index is 13.3. The molecule has 0 saturated heterocycles. The van der Waals surface area contributed by atoms with Gasteiger partial charge in [0, 0.05) is 12.5 Å². The molecule has 1 aromatic heterocycles. The Labute approximate surface area is 155 Å². The van der Waals surface area contributed by atoms with Crippen LogP contribution in [0, 0.1) is 5.82 Å². The van der Waals surface area contributed by atoms with Crippen LogP contribution in [-0.2, 0) is 12.0 Å². The maximum Gasteiger partial charge on any atom is 0.269 e. The molecule has 134 valence electrons. The van der Waals surface area contributed by atoms with E-state index in [2.05, 4.69) is 26.3 Å². The van der Waals surface area contributed by atoms with Crippen LogP contribution in [0.2, 0.25) is 0 Å². The van der Waals surface area contributed by atoms with Crippen molar-refractivity contribution in [1.29, 1.82) is 0 Å². The monoisotopic (exact) mass is 407 g/mol. The van der Waals surface area contributed by atoms with E-state index in [9.17, 15) is 9.18 Å². The topological polar surface area (TPSA) is 46.9 Å². The first-order chi connectivity index (χ1) is 11.8. The molecule has 1 aliphatic carbocycles. The zero-order valence-corrected chi connectivity index (χ0v) is 16.4. The molecule has 4 nitrogen and oxygen atoms in total. The maximum absolute atomic E-state index is 13.3. The van der Waals surface area contributed by atoms with Gasteiger partial charge < -0.3 is 5.32 Å². The molecule has 1 aliphatic rings. The minimum Gasteiger partial charge on any atom is -0.350 e. The molecule has 1 saturated carbocycles. The minimum atomic E-state index is -0.283. The summed E-state index contributed by atoms with van der Waals surface area (Å²) in [6, 6.07) is 6.83. The standard InChI is InChI=1S/C19H23BrFN3O/c1-19(2,3)24-17(11-16(23-24)13-5-6-13)18(25)22-9-8-12-4-7-15(21)14(20)10-12/h4,7,10-11,13H,5-6,8-9H2,1-3H3,(H,22,25). The quantitative estimate of drug-likeness (QED) is 0.798. The van der Waals surface area contributed by atoms with Crippen LogP contribution in [0.25, 0.3) is 0 Å². The third-order valence-electron chi connectivity index (χ3n) is 4.28. The second-order valence-electron chi connectivity index (χ2n) is 7.57. The Balaban J connectivity index is 1.67. The highest BCUT2D eigenvalue weighted by Gasteiger charge is 2.31. The van der Waals surface area contributed by atoms with E-state index in [4.69, 9.17) is 0 Å². The Morgan fingerprint density at radius 3 is 2.68 bits per heavy atom. The second kappa shape index (κ2) is 6.90. The molecular formula is C19H23BrFN3O. The summed E-state index contributed by atoms with van der Waals surface area (Å²) in [6.07, 6.45) is 2.95. The number of carbonyl (C=O) groups excluding carboxylic acids is 1. The Hall–Kier alpha value is -1.69. The van der Waals surface area contributed by atoms with E-state index < -0.39 is 0 Å². The molecule has 0 aliphatic heterocycles. The van der Waals surface area contributed by atoms with Crippen molar-refractivity contribution in [2.45, 2.75) is 51.5 Å². The molecule has 6 heteroatoms. The summed E-state index contributed by atoms with van der Waals surface area (Å²) in [5.41, 5.74) is 2.34. The van der Waals surface area contributed by atoms with Gasteiger partial charge >= 0.3 is 0 Å². The van der Waals surface area contributed by atoms with Gasteiger partial charge in [0.15, 0.2) is 0 Å². The second-order valence-corrected chi connectivity index (χ2v) is 8.42. The molecule has 3 rings (SSSR count). The van der Waals surface area contributed by atoms with Crippen LogP contribution in [0.4, 0.5) is 4.39 Å². The average molecular weight is 408 g/mol. The lowest BCUT2D eigenvalue weighted by molar-refractivity contribution is 0.0935. The number of carbonyl (C=O) groups is 1. The number of aromatic nitrogens is 2. The summed E-state index contributed by atoms with van der Waals surface area (Å²) in [4.78, 5) is 12.6. The fourth-order valence-electron chi connectivity index (χ4n) is 2.76. The fraction of sp³-hybridized carbons (Fsp3) is 0.474. The summed E-state index contributed by atoms with van der Waals surface area (Å²) >= 11 is 3.18. The van der Waals surface area contributed by atoms with Crippen LogP contribution >= 0.6 is 15.9 Å². The van der Waals surface area contributed by atoms with Crippen molar-refractivity contribution in [3.63, 3.8) is 0 Å². The lowest BCUT2D eigenvalue weighted by atomic mass is 10.1. The van der Waals surface area contributed by atoms with E-state index >= 15 is 0 Å². The number of halogens is 2. The summed E-state index contributed by atoms with van der Waals surface area (Å²) in [5, 5.41) is 7.62. The molecule has 1 N–H and O–H groups in total. The van der Waals surface area contributed by atoms with Gasteiger partial charge in [0.25, 0.3) is 5.91 Å². The minimum absolute atomic E-state index is 0.115. The van der Waals surface area contributed by atoms with Gasteiger partial charge in [-0.25, -0.2) is 4.39 Å². The van der Waals surface area contributed by atoms with Crippen molar-refractivity contribution < 1.29 is 9.18 Å². The Morgan fingerprint density at radius 2 is 2.08 bits per heavy atom. The Morgan fingerprint density at radius 1 is 1.36 bits per heavy atom. The molecule has 0 radical (unpaired) electrons. The van der Waals surface area contributed by atoms with Crippen LogP contribution < -0.4 is 5.32 Å². The Bertz CT molecular complexity index is 790. The van der Waals surface area contributed by atoms with Crippen molar-refractivity contribution >= 4 is 21.8 Å². The SMILES string of the molecule is CC(C)(C)n1nc(C2CC2)cc1C(=O)NCCc1ccc(F)c(Br)c1. The van der Waals surface area contributed by atoms with Crippen molar-refractivity contribution in [2.24, 2.45) is 0 Å². The van der Waals surface area contributed by atoms with E-state index in [0.717, 1.165) is 24.1 Å². The molecule has 25 heavy (non-hydrogen) atoms. The van der Waals surface area contributed by atoms with E-state index in [1.165, 1.54) is 6.07 Å². The average Bonchev–Trinajstić information content (AvgIpc) is 3.27. The lowest BCUT2D eigenvalue weighted by Crippen LogP contribution is -2.33. The van der Waals surface area contributed by atoms with Gasteiger partial charge in [0.2, 0.25) is 0 Å². The van der Waals surface area contributed by atoms with Crippen molar-refractivity contribution in [3.8, 4) is 0 Å². The van der Waals surface area contributed by atoms with E-state index in [1.54, 1.807) is 12.1 Å². The lowest BCUT2D eigenvalue weighted by Gasteiger charge is -2.22. The van der Waals surface area contributed by atoms with Crippen LogP contribution in [0.5, 0.6) is 0 Å². The number of rotatable bonds is 5. The number of nitrogens with zero attached hydrogens (tertiary/aromatic N) is 2. The number of hydrogen-bond acceptors (Lipinski definition) is 2. The number of hydrogen-bond donors (Lipinski definition) is 1. The largest absolute Gasteiger partial charge is 0.350 e. The molecule has 0 bridgehead atoms. The molecule has 0 unspecified atom stereocenters. The number of amides is 1. The van der Waals surface area contributed by atoms with Crippen LogP contribution in [0.15, 0.2) is 28.7 Å². The normalized spacial score (nSPS) is 14.6. The predicted octanol–water partition coefficient (Wildman–Crippen LogP) is 4.39. The first-order valence-corrected chi connectivity index (χ1v) is 9.37. The third-order valence-corrected chi connectivity index (χ3v) is 4.88. The molecular weight excluding hydrogens is 385 g/mol. The summed E-state index contributed by atoms with van der Waals surface area (Å²) in [5.74, 6) is 0.108. The molecule has 0 spiro atoms.